The van der Waals surface area contributed by atoms with Crippen molar-refractivity contribution >= 4 is 11.6 Å². The zero-order valence-electron chi connectivity index (χ0n) is 14.6. The molecule has 5 heteroatoms. The van der Waals surface area contributed by atoms with E-state index in [2.05, 4.69) is 5.32 Å². The highest BCUT2D eigenvalue weighted by Crippen LogP contribution is 2.24. The Morgan fingerprint density at radius 2 is 1.81 bits per heavy atom. The first kappa shape index (κ1) is 17.3. The minimum atomic E-state index is -0.411. The van der Waals surface area contributed by atoms with Gasteiger partial charge in [0.05, 0.1) is 11.3 Å². The van der Waals surface area contributed by atoms with Gasteiger partial charge >= 0.3 is 0 Å². The topological polar surface area (TPSA) is 75.3 Å². The molecule has 0 unspecified atom stereocenters. The number of carbonyl (C=O) groups excluding carboxylic acids is 1. The fourth-order valence-corrected chi connectivity index (χ4v) is 2.62. The summed E-state index contributed by atoms with van der Waals surface area (Å²) in [4.78, 5) is 12.3. The lowest BCUT2D eigenvalue weighted by Crippen LogP contribution is -2.11. The molecule has 0 aliphatic rings. The maximum absolute atomic E-state index is 12.3. The fourth-order valence-electron chi connectivity index (χ4n) is 2.62. The lowest BCUT2D eigenvalue weighted by molar-refractivity contribution is 0.0992. The highest BCUT2D eigenvalue weighted by Gasteiger charge is 2.14. The second-order valence-electron chi connectivity index (χ2n) is 5.89. The van der Waals surface area contributed by atoms with Gasteiger partial charge in [0.25, 0.3) is 5.91 Å². The number of para-hydroxylation sites is 2. The van der Waals surface area contributed by atoms with E-state index in [0.717, 1.165) is 16.9 Å². The standard InChI is InChI=1S/C21H18N2O3/c1-14-6-5-7-15(2)20(14)25-13-17-10-11-19(26-17)21(24)23-18-9-4-3-8-16(18)12-22/h3-11H,13H2,1-2H3,(H,23,24). The van der Waals surface area contributed by atoms with Crippen LogP contribution in [-0.2, 0) is 6.61 Å². The van der Waals surface area contributed by atoms with Crippen molar-refractivity contribution < 1.29 is 13.9 Å². The van der Waals surface area contributed by atoms with Gasteiger partial charge in [-0.15, -0.1) is 0 Å². The van der Waals surface area contributed by atoms with Crippen LogP contribution in [0.2, 0.25) is 0 Å². The van der Waals surface area contributed by atoms with Crippen molar-refractivity contribution in [1.29, 1.82) is 5.26 Å². The predicted molar refractivity (Wildman–Crippen MR) is 98.1 cm³/mol. The van der Waals surface area contributed by atoms with E-state index in [1.165, 1.54) is 0 Å². The summed E-state index contributed by atoms with van der Waals surface area (Å²) >= 11 is 0. The summed E-state index contributed by atoms with van der Waals surface area (Å²) in [7, 11) is 0. The van der Waals surface area contributed by atoms with Crippen LogP contribution in [0.3, 0.4) is 0 Å². The number of benzene rings is 2. The zero-order chi connectivity index (χ0) is 18.5. The highest BCUT2D eigenvalue weighted by molar-refractivity contribution is 6.03. The highest BCUT2D eigenvalue weighted by atomic mass is 16.5. The number of nitrogens with one attached hydrogen (secondary N) is 1. The van der Waals surface area contributed by atoms with Crippen LogP contribution < -0.4 is 10.1 Å². The number of hydrogen-bond acceptors (Lipinski definition) is 4. The fraction of sp³-hybridized carbons (Fsp3) is 0.143. The molecule has 0 fully saturated rings. The number of carbonyl (C=O) groups is 1. The van der Waals surface area contributed by atoms with Gasteiger partial charge in [0.1, 0.15) is 24.2 Å². The van der Waals surface area contributed by atoms with E-state index >= 15 is 0 Å². The lowest BCUT2D eigenvalue weighted by atomic mass is 10.1. The third-order valence-corrected chi connectivity index (χ3v) is 3.95. The molecule has 0 bridgehead atoms. The van der Waals surface area contributed by atoms with Crippen molar-refractivity contribution in [2.75, 3.05) is 5.32 Å². The summed E-state index contributed by atoms with van der Waals surface area (Å²) in [6.45, 7) is 4.19. The summed E-state index contributed by atoms with van der Waals surface area (Å²) in [5.41, 5.74) is 2.93. The van der Waals surface area contributed by atoms with E-state index in [9.17, 15) is 4.79 Å². The Balaban J connectivity index is 1.68. The molecule has 0 saturated carbocycles. The average molecular weight is 346 g/mol. The molecule has 2 aromatic carbocycles. The predicted octanol–water partition coefficient (Wildman–Crippen LogP) is 4.60. The van der Waals surface area contributed by atoms with Gasteiger partial charge in [-0.3, -0.25) is 4.79 Å². The van der Waals surface area contributed by atoms with Crippen molar-refractivity contribution in [3.05, 3.63) is 82.8 Å². The minimum absolute atomic E-state index is 0.165. The van der Waals surface area contributed by atoms with Gasteiger partial charge < -0.3 is 14.5 Å². The average Bonchev–Trinajstić information content (AvgIpc) is 3.11. The molecule has 26 heavy (non-hydrogen) atoms. The molecule has 1 aromatic heterocycles. The normalized spacial score (nSPS) is 10.2. The summed E-state index contributed by atoms with van der Waals surface area (Å²) in [6.07, 6.45) is 0. The van der Waals surface area contributed by atoms with Crippen molar-refractivity contribution in [1.82, 2.24) is 0 Å². The van der Waals surface area contributed by atoms with Crippen molar-refractivity contribution in [3.63, 3.8) is 0 Å². The smallest absolute Gasteiger partial charge is 0.291 e. The molecule has 0 spiro atoms. The molecule has 130 valence electrons. The molecular weight excluding hydrogens is 328 g/mol. The van der Waals surface area contributed by atoms with Crippen molar-refractivity contribution in [2.24, 2.45) is 0 Å². The van der Waals surface area contributed by atoms with Crippen molar-refractivity contribution in [2.45, 2.75) is 20.5 Å². The van der Waals surface area contributed by atoms with Crippen LogP contribution in [0.15, 0.2) is 59.0 Å². The molecular formula is C21H18N2O3. The number of amides is 1. The van der Waals surface area contributed by atoms with E-state index in [4.69, 9.17) is 14.4 Å². The van der Waals surface area contributed by atoms with Crippen LogP contribution in [0.5, 0.6) is 5.75 Å². The number of anilines is 1. The van der Waals surface area contributed by atoms with E-state index in [0.29, 0.717) is 17.0 Å². The number of aryl methyl sites for hydroxylation is 2. The maximum atomic E-state index is 12.3. The van der Waals surface area contributed by atoms with Crippen molar-refractivity contribution in [3.8, 4) is 11.8 Å². The second-order valence-corrected chi connectivity index (χ2v) is 5.89. The molecule has 0 saturated heterocycles. The quantitative estimate of drug-likeness (QED) is 0.732. The van der Waals surface area contributed by atoms with Crippen LogP contribution >= 0.6 is 0 Å². The summed E-state index contributed by atoms with van der Waals surface area (Å²) in [5.74, 6) is 1.12. The van der Waals surface area contributed by atoms with Gasteiger partial charge in [-0.2, -0.15) is 5.26 Å². The molecule has 3 aromatic rings. The first-order valence-electron chi connectivity index (χ1n) is 8.16. The number of hydrogen-bond donors (Lipinski definition) is 1. The third kappa shape index (κ3) is 3.76. The molecule has 0 aliphatic heterocycles. The van der Waals surface area contributed by atoms with E-state index in [1.54, 1.807) is 36.4 Å². The molecule has 0 radical (unpaired) electrons. The largest absolute Gasteiger partial charge is 0.485 e. The lowest BCUT2D eigenvalue weighted by Gasteiger charge is -2.10. The molecule has 3 rings (SSSR count). The SMILES string of the molecule is Cc1cccc(C)c1OCc1ccc(C(=O)Nc2ccccc2C#N)o1. The van der Waals surface area contributed by atoms with Gasteiger partial charge in [-0.1, -0.05) is 30.3 Å². The molecule has 1 N–H and O–H groups in total. The Morgan fingerprint density at radius 3 is 2.54 bits per heavy atom. The van der Waals surface area contributed by atoms with E-state index < -0.39 is 5.91 Å². The second kappa shape index (κ2) is 7.58. The van der Waals surface area contributed by atoms with Gasteiger partial charge in [0.2, 0.25) is 0 Å². The van der Waals surface area contributed by atoms with Crippen LogP contribution in [0.1, 0.15) is 33.0 Å². The number of ether oxygens (including phenoxy) is 1. The summed E-state index contributed by atoms with van der Waals surface area (Å²) in [5, 5.41) is 11.8. The van der Waals surface area contributed by atoms with Gasteiger partial charge in [-0.25, -0.2) is 0 Å². The van der Waals surface area contributed by atoms with E-state index in [-0.39, 0.29) is 12.4 Å². The summed E-state index contributed by atoms with van der Waals surface area (Å²) in [6, 6.07) is 18.1. The Morgan fingerprint density at radius 1 is 1.08 bits per heavy atom. The summed E-state index contributed by atoms with van der Waals surface area (Å²) < 4.78 is 11.4. The van der Waals surface area contributed by atoms with Crippen LogP contribution in [0.25, 0.3) is 0 Å². The Bertz CT molecular complexity index is 963. The Labute approximate surface area is 151 Å². The molecule has 0 atom stereocenters. The Hall–Kier alpha value is -3.52. The molecule has 5 nitrogen and oxygen atoms in total. The van der Waals surface area contributed by atoms with Crippen LogP contribution in [0, 0.1) is 25.2 Å². The van der Waals surface area contributed by atoms with Gasteiger partial charge in [0, 0.05) is 0 Å². The number of furan rings is 1. The molecule has 0 aliphatic carbocycles. The molecule has 1 amide bonds. The maximum Gasteiger partial charge on any atom is 0.291 e. The molecule has 1 heterocycles. The van der Waals surface area contributed by atoms with Crippen LogP contribution in [0.4, 0.5) is 5.69 Å². The monoisotopic (exact) mass is 346 g/mol. The van der Waals surface area contributed by atoms with Gasteiger partial charge in [0.15, 0.2) is 5.76 Å². The zero-order valence-corrected chi connectivity index (χ0v) is 14.6. The first-order valence-corrected chi connectivity index (χ1v) is 8.16. The minimum Gasteiger partial charge on any atom is -0.485 e. The van der Waals surface area contributed by atoms with Gasteiger partial charge in [-0.05, 0) is 49.2 Å². The number of nitriles is 1. The van der Waals surface area contributed by atoms with E-state index in [1.807, 2.05) is 38.1 Å². The first-order chi connectivity index (χ1) is 12.6. The third-order valence-electron chi connectivity index (χ3n) is 3.95. The van der Waals surface area contributed by atoms with Crippen LogP contribution in [-0.4, -0.2) is 5.91 Å². The Kier molecular flexibility index (Phi) is 5.04. The number of rotatable bonds is 5. The number of nitrogens with zero attached hydrogens (tertiary/aromatic N) is 1.